The molecule has 7 heteroatoms. The summed E-state index contributed by atoms with van der Waals surface area (Å²) in [6.07, 6.45) is 0. The summed E-state index contributed by atoms with van der Waals surface area (Å²) in [6, 6.07) is 22.1. The van der Waals surface area contributed by atoms with Crippen LogP contribution >= 0.6 is 23.2 Å². The summed E-state index contributed by atoms with van der Waals surface area (Å²) in [6.45, 7) is 2.03. The molecule has 0 radical (unpaired) electrons. The minimum Gasteiger partial charge on any atom is -0.486 e. The quantitative estimate of drug-likeness (QED) is 0.291. The standard InChI is InChI=1S/C26H19Cl2NO4/c1-16-13-19(8-10-22(16)28)32-15-20-9-12-24(33-20)26(31)29-23-11-7-18(27)14-21(23)25(30)17-5-3-2-4-6-17/h2-14H,15H2,1H3,(H,29,31). The number of rotatable bonds is 7. The fourth-order valence-corrected chi connectivity index (χ4v) is 3.47. The number of benzene rings is 3. The molecule has 0 saturated carbocycles. The molecule has 166 valence electrons. The third-order valence-corrected chi connectivity index (χ3v) is 5.57. The van der Waals surface area contributed by atoms with Crippen molar-refractivity contribution in [1.29, 1.82) is 0 Å². The zero-order valence-corrected chi connectivity index (χ0v) is 19.1. The van der Waals surface area contributed by atoms with E-state index in [1.165, 1.54) is 6.07 Å². The van der Waals surface area contributed by atoms with Crippen LogP contribution in [0.4, 0.5) is 5.69 Å². The van der Waals surface area contributed by atoms with Gasteiger partial charge in [0.05, 0.1) is 5.69 Å². The molecular formula is C26H19Cl2NO4. The van der Waals surface area contributed by atoms with Crippen LogP contribution in [0.25, 0.3) is 0 Å². The van der Waals surface area contributed by atoms with Crippen molar-refractivity contribution < 1.29 is 18.7 Å². The molecule has 3 aromatic carbocycles. The Morgan fingerprint density at radius 2 is 1.73 bits per heavy atom. The largest absolute Gasteiger partial charge is 0.486 e. The number of carbonyl (C=O) groups excluding carboxylic acids is 2. The maximum atomic E-state index is 12.9. The molecule has 5 nitrogen and oxygen atoms in total. The number of aryl methyl sites for hydroxylation is 1. The highest BCUT2D eigenvalue weighted by molar-refractivity contribution is 6.31. The molecule has 4 aromatic rings. The van der Waals surface area contributed by atoms with Crippen LogP contribution in [-0.4, -0.2) is 11.7 Å². The molecule has 1 heterocycles. The van der Waals surface area contributed by atoms with Crippen LogP contribution in [0.15, 0.2) is 83.3 Å². The summed E-state index contributed by atoms with van der Waals surface area (Å²) in [5.74, 6) is 0.469. The van der Waals surface area contributed by atoms with Crippen molar-refractivity contribution in [3.05, 3.63) is 117 Å². The van der Waals surface area contributed by atoms with Crippen molar-refractivity contribution >= 4 is 40.6 Å². The topological polar surface area (TPSA) is 68.5 Å². The molecule has 0 unspecified atom stereocenters. The zero-order valence-electron chi connectivity index (χ0n) is 17.6. The van der Waals surface area contributed by atoms with Crippen LogP contribution in [0.3, 0.4) is 0 Å². The Hall–Kier alpha value is -3.54. The lowest BCUT2D eigenvalue weighted by Crippen LogP contribution is -2.14. The van der Waals surface area contributed by atoms with Crippen molar-refractivity contribution in [3.8, 4) is 5.75 Å². The summed E-state index contributed by atoms with van der Waals surface area (Å²) < 4.78 is 11.3. The van der Waals surface area contributed by atoms with Gasteiger partial charge in [-0.05, 0) is 61.0 Å². The maximum Gasteiger partial charge on any atom is 0.291 e. The average molecular weight is 480 g/mol. The third kappa shape index (κ3) is 5.45. The number of ketones is 1. The van der Waals surface area contributed by atoms with E-state index in [1.807, 2.05) is 19.1 Å². The van der Waals surface area contributed by atoms with E-state index in [9.17, 15) is 9.59 Å². The van der Waals surface area contributed by atoms with Gasteiger partial charge in [-0.2, -0.15) is 0 Å². The van der Waals surface area contributed by atoms with Crippen LogP contribution in [0, 0.1) is 6.92 Å². The van der Waals surface area contributed by atoms with Crippen molar-refractivity contribution in [2.75, 3.05) is 5.32 Å². The number of anilines is 1. The Bertz CT molecular complexity index is 1320. The predicted octanol–water partition coefficient (Wildman–Crippen LogP) is 6.96. The van der Waals surface area contributed by atoms with Crippen LogP contribution in [-0.2, 0) is 6.61 Å². The second-order valence-electron chi connectivity index (χ2n) is 7.30. The molecule has 33 heavy (non-hydrogen) atoms. The predicted molar refractivity (Wildman–Crippen MR) is 129 cm³/mol. The Morgan fingerprint density at radius 1 is 0.939 bits per heavy atom. The lowest BCUT2D eigenvalue weighted by molar-refractivity contribution is 0.0992. The SMILES string of the molecule is Cc1cc(OCc2ccc(C(=O)Nc3ccc(Cl)cc3C(=O)c3ccccc3)o2)ccc1Cl. The minimum absolute atomic E-state index is 0.0916. The first-order valence-electron chi connectivity index (χ1n) is 10.1. The lowest BCUT2D eigenvalue weighted by atomic mass is 10.0. The highest BCUT2D eigenvalue weighted by atomic mass is 35.5. The number of carbonyl (C=O) groups is 2. The van der Waals surface area contributed by atoms with Crippen molar-refractivity contribution in [1.82, 2.24) is 0 Å². The second-order valence-corrected chi connectivity index (χ2v) is 8.15. The highest BCUT2D eigenvalue weighted by Crippen LogP contribution is 2.25. The van der Waals surface area contributed by atoms with Crippen molar-refractivity contribution in [2.24, 2.45) is 0 Å². The van der Waals surface area contributed by atoms with Gasteiger partial charge >= 0.3 is 0 Å². The maximum absolute atomic E-state index is 12.9. The van der Waals surface area contributed by atoms with Crippen LogP contribution in [0.5, 0.6) is 5.75 Å². The van der Waals surface area contributed by atoms with Gasteiger partial charge in [-0.25, -0.2) is 0 Å². The van der Waals surface area contributed by atoms with Gasteiger partial charge in [-0.3, -0.25) is 9.59 Å². The van der Waals surface area contributed by atoms with Gasteiger partial charge < -0.3 is 14.5 Å². The molecule has 0 aliphatic heterocycles. The Labute approximate surface area is 200 Å². The number of amides is 1. The van der Waals surface area contributed by atoms with E-state index in [1.54, 1.807) is 60.7 Å². The molecule has 0 fully saturated rings. The molecule has 1 amide bonds. The first kappa shape index (κ1) is 22.6. The molecule has 4 rings (SSSR count). The van der Waals surface area contributed by atoms with Gasteiger partial charge in [-0.15, -0.1) is 0 Å². The summed E-state index contributed by atoms with van der Waals surface area (Å²) >= 11 is 12.1. The number of hydrogen-bond acceptors (Lipinski definition) is 4. The molecule has 0 aliphatic carbocycles. The van der Waals surface area contributed by atoms with Crippen LogP contribution in [0.1, 0.15) is 37.8 Å². The normalized spacial score (nSPS) is 10.6. The second kappa shape index (κ2) is 9.94. The lowest BCUT2D eigenvalue weighted by Gasteiger charge is -2.10. The van der Waals surface area contributed by atoms with E-state index >= 15 is 0 Å². The van der Waals surface area contributed by atoms with Gasteiger partial charge in [0.1, 0.15) is 18.1 Å². The molecule has 0 aliphatic rings. The molecule has 0 spiro atoms. The zero-order chi connectivity index (χ0) is 23.4. The van der Waals surface area contributed by atoms with E-state index in [4.69, 9.17) is 32.4 Å². The Kier molecular flexibility index (Phi) is 6.82. The van der Waals surface area contributed by atoms with Gasteiger partial charge in [0.2, 0.25) is 0 Å². The van der Waals surface area contributed by atoms with E-state index in [0.717, 1.165) is 5.56 Å². The summed E-state index contributed by atoms with van der Waals surface area (Å²) in [5, 5.41) is 3.79. The molecule has 1 N–H and O–H groups in total. The highest BCUT2D eigenvalue weighted by Gasteiger charge is 2.18. The number of furan rings is 1. The number of hydrogen-bond donors (Lipinski definition) is 1. The molecular weight excluding hydrogens is 461 g/mol. The number of ether oxygens (including phenoxy) is 1. The first-order valence-corrected chi connectivity index (χ1v) is 10.8. The van der Waals surface area contributed by atoms with E-state index in [-0.39, 0.29) is 23.7 Å². The number of nitrogens with one attached hydrogen (secondary N) is 1. The third-order valence-electron chi connectivity index (χ3n) is 4.91. The van der Waals surface area contributed by atoms with Crippen LogP contribution < -0.4 is 10.1 Å². The average Bonchev–Trinajstić information content (AvgIpc) is 3.30. The molecule has 0 saturated heterocycles. The summed E-state index contributed by atoms with van der Waals surface area (Å²) in [5.41, 5.74) is 2.02. The monoisotopic (exact) mass is 479 g/mol. The molecule has 0 bridgehead atoms. The van der Waals surface area contributed by atoms with E-state index < -0.39 is 5.91 Å². The number of halogens is 2. The first-order chi connectivity index (χ1) is 15.9. The molecule has 1 aromatic heterocycles. The van der Waals surface area contributed by atoms with Gasteiger partial charge in [0, 0.05) is 21.2 Å². The Balaban J connectivity index is 1.47. The van der Waals surface area contributed by atoms with Crippen molar-refractivity contribution in [2.45, 2.75) is 13.5 Å². The fraction of sp³-hybridized carbons (Fsp3) is 0.0769. The minimum atomic E-state index is -0.493. The Morgan fingerprint density at radius 3 is 2.48 bits per heavy atom. The van der Waals surface area contributed by atoms with E-state index in [0.29, 0.717) is 32.8 Å². The van der Waals surface area contributed by atoms with Gasteiger partial charge in [-0.1, -0.05) is 53.5 Å². The van der Waals surface area contributed by atoms with Crippen LogP contribution in [0.2, 0.25) is 10.0 Å². The van der Waals surface area contributed by atoms with Crippen molar-refractivity contribution in [3.63, 3.8) is 0 Å². The fourth-order valence-electron chi connectivity index (χ4n) is 3.18. The summed E-state index contributed by atoms with van der Waals surface area (Å²) in [7, 11) is 0. The summed E-state index contributed by atoms with van der Waals surface area (Å²) in [4.78, 5) is 25.7. The smallest absolute Gasteiger partial charge is 0.291 e. The van der Waals surface area contributed by atoms with Gasteiger partial charge in [0.15, 0.2) is 11.5 Å². The van der Waals surface area contributed by atoms with Gasteiger partial charge in [0.25, 0.3) is 5.91 Å². The van der Waals surface area contributed by atoms with E-state index in [2.05, 4.69) is 5.32 Å². The molecule has 0 atom stereocenters.